The molecule has 5 heteroatoms. The summed E-state index contributed by atoms with van der Waals surface area (Å²) in [5.74, 6) is 2.59. The van der Waals surface area contributed by atoms with Gasteiger partial charge >= 0.3 is 0 Å². The van der Waals surface area contributed by atoms with Crippen molar-refractivity contribution >= 4 is 0 Å². The molecule has 0 bridgehead atoms. The van der Waals surface area contributed by atoms with E-state index in [-0.39, 0.29) is 0 Å². The minimum absolute atomic E-state index is 0.418. The third kappa shape index (κ3) is 2.50. The number of hydrogen-bond donors (Lipinski definition) is 2. The average Bonchev–Trinajstić information content (AvgIpc) is 2.90. The Morgan fingerprint density at radius 1 is 1.00 bits per heavy atom. The van der Waals surface area contributed by atoms with Gasteiger partial charge in [-0.1, -0.05) is 5.16 Å². The molecule has 94 valence electrons. The molecule has 2 saturated heterocycles. The normalized spacial score (nSPS) is 30.4. The minimum Gasteiger partial charge on any atom is -0.339 e. The lowest BCUT2D eigenvalue weighted by atomic mass is 9.98. The van der Waals surface area contributed by atoms with E-state index in [2.05, 4.69) is 20.8 Å². The van der Waals surface area contributed by atoms with Gasteiger partial charge in [-0.05, 0) is 38.8 Å². The third-order valence-corrected chi connectivity index (χ3v) is 3.77. The highest BCUT2D eigenvalue weighted by Gasteiger charge is 2.25. The smallest absolute Gasteiger partial charge is 0.231 e. The Balaban J connectivity index is 1.68. The van der Waals surface area contributed by atoms with Crippen LogP contribution in [0, 0.1) is 0 Å². The van der Waals surface area contributed by atoms with Crippen LogP contribution >= 0.6 is 0 Å². The van der Waals surface area contributed by atoms with E-state index in [4.69, 9.17) is 4.52 Å². The summed E-state index contributed by atoms with van der Waals surface area (Å²) in [6, 6.07) is 0. The maximum atomic E-state index is 5.43. The predicted octanol–water partition coefficient (Wildman–Crippen LogP) is 1.00. The zero-order valence-electron chi connectivity index (χ0n) is 10.1. The van der Waals surface area contributed by atoms with Gasteiger partial charge in [0.2, 0.25) is 5.89 Å². The molecule has 0 spiro atoms. The SMILES string of the molecule is C1CNCC(c2noc(C3CCCNC3)n2)C1. The molecular weight excluding hydrogens is 216 g/mol. The van der Waals surface area contributed by atoms with Crippen molar-refractivity contribution in [2.24, 2.45) is 0 Å². The summed E-state index contributed by atoms with van der Waals surface area (Å²) < 4.78 is 5.43. The van der Waals surface area contributed by atoms with Gasteiger partial charge in [-0.3, -0.25) is 0 Å². The van der Waals surface area contributed by atoms with E-state index < -0.39 is 0 Å². The molecule has 2 aliphatic rings. The summed E-state index contributed by atoms with van der Waals surface area (Å²) in [7, 11) is 0. The molecule has 0 aromatic carbocycles. The number of aromatic nitrogens is 2. The molecule has 0 radical (unpaired) electrons. The van der Waals surface area contributed by atoms with E-state index in [9.17, 15) is 0 Å². The molecule has 0 amide bonds. The topological polar surface area (TPSA) is 63.0 Å². The van der Waals surface area contributed by atoms with Crippen LogP contribution in [0.25, 0.3) is 0 Å². The van der Waals surface area contributed by atoms with Crippen LogP contribution in [-0.4, -0.2) is 36.3 Å². The van der Waals surface area contributed by atoms with Crippen LogP contribution in [-0.2, 0) is 0 Å². The lowest BCUT2D eigenvalue weighted by Gasteiger charge is -2.20. The first kappa shape index (κ1) is 11.2. The van der Waals surface area contributed by atoms with Crippen LogP contribution in [0.15, 0.2) is 4.52 Å². The second-order valence-electron chi connectivity index (χ2n) is 5.08. The first-order valence-electron chi connectivity index (χ1n) is 6.68. The van der Waals surface area contributed by atoms with E-state index in [1.165, 1.54) is 19.3 Å². The van der Waals surface area contributed by atoms with Crippen molar-refractivity contribution < 1.29 is 4.52 Å². The summed E-state index contributed by atoms with van der Waals surface area (Å²) in [6.07, 6.45) is 4.75. The van der Waals surface area contributed by atoms with Crippen LogP contribution in [0.4, 0.5) is 0 Å². The first-order valence-corrected chi connectivity index (χ1v) is 6.68. The second-order valence-corrected chi connectivity index (χ2v) is 5.08. The van der Waals surface area contributed by atoms with Crippen molar-refractivity contribution in [2.75, 3.05) is 26.2 Å². The molecule has 2 unspecified atom stereocenters. The quantitative estimate of drug-likeness (QED) is 0.802. The number of hydrogen-bond acceptors (Lipinski definition) is 5. The van der Waals surface area contributed by atoms with Crippen LogP contribution < -0.4 is 10.6 Å². The van der Waals surface area contributed by atoms with Crippen molar-refractivity contribution in [3.8, 4) is 0 Å². The van der Waals surface area contributed by atoms with Gasteiger partial charge in [-0.2, -0.15) is 4.98 Å². The number of nitrogens with one attached hydrogen (secondary N) is 2. The molecule has 1 aromatic heterocycles. The van der Waals surface area contributed by atoms with E-state index >= 15 is 0 Å². The maximum absolute atomic E-state index is 5.43. The zero-order chi connectivity index (χ0) is 11.5. The van der Waals surface area contributed by atoms with Gasteiger partial charge in [0.25, 0.3) is 0 Å². The molecule has 5 nitrogen and oxygen atoms in total. The summed E-state index contributed by atoms with van der Waals surface area (Å²) in [5, 5.41) is 10.9. The molecule has 17 heavy (non-hydrogen) atoms. The molecule has 0 saturated carbocycles. The summed E-state index contributed by atoms with van der Waals surface area (Å²) in [6.45, 7) is 4.20. The Kier molecular flexibility index (Phi) is 3.38. The van der Waals surface area contributed by atoms with Crippen molar-refractivity contribution in [1.29, 1.82) is 0 Å². The lowest BCUT2D eigenvalue weighted by molar-refractivity contribution is 0.317. The molecule has 3 rings (SSSR count). The summed E-state index contributed by atoms with van der Waals surface area (Å²) in [5.41, 5.74) is 0. The van der Waals surface area contributed by atoms with Gasteiger partial charge < -0.3 is 15.2 Å². The molecule has 2 N–H and O–H groups in total. The maximum Gasteiger partial charge on any atom is 0.231 e. The van der Waals surface area contributed by atoms with Crippen LogP contribution in [0.5, 0.6) is 0 Å². The molecule has 0 aliphatic carbocycles. The average molecular weight is 236 g/mol. The molecule has 1 aromatic rings. The second kappa shape index (κ2) is 5.14. The molecular formula is C12H20N4O. The largest absolute Gasteiger partial charge is 0.339 e. The highest BCUT2D eigenvalue weighted by Crippen LogP contribution is 2.25. The van der Waals surface area contributed by atoms with Gasteiger partial charge in [0.05, 0.1) is 5.92 Å². The van der Waals surface area contributed by atoms with Gasteiger partial charge in [-0.25, -0.2) is 0 Å². The molecule has 3 heterocycles. The Bertz CT molecular complexity index is 321. The van der Waals surface area contributed by atoms with Crippen molar-refractivity contribution in [3.63, 3.8) is 0 Å². The Morgan fingerprint density at radius 3 is 2.35 bits per heavy atom. The van der Waals surface area contributed by atoms with Gasteiger partial charge in [0, 0.05) is 19.0 Å². The van der Waals surface area contributed by atoms with E-state index in [0.29, 0.717) is 11.8 Å². The summed E-state index contributed by atoms with van der Waals surface area (Å²) in [4.78, 5) is 4.60. The molecule has 2 aliphatic heterocycles. The van der Waals surface area contributed by atoms with E-state index in [1.807, 2.05) is 0 Å². The fraction of sp³-hybridized carbons (Fsp3) is 0.833. The van der Waals surface area contributed by atoms with Crippen molar-refractivity contribution in [3.05, 3.63) is 11.7 Å². The van der Waals surface area contributed by atoms with Crippen LogP contribution in [0.3, 0.4) is 0 Å². The van der Waals surface area contributed by atoms with Crippen molar-refractivity contribution in [2.45, 2.75) is 37.5 Å². The van der Waals surface area contributed by atoms with Gasteiger partial charge in [0.1, 0.15) is 0 Å². The van der Waals surface area contributed by atoms with Gasteiger partial charge in [0.15, 0.2) is 5.82 Å². The summed E-state index contributed by atoms with van der Waals surface area (Å²) >= 11 is 0. The molecule has 2 fully saturated rings. The van der Waals surface area contributed by atoms with Crippen LogP contribution in [0.2, 0.25) is 0 Å². The first-order chi connectivity index (χ1) is 8.43. The Hall–Kier alpha value is -0.940. The highest BCUT2D eigenvalue weighted by molar-refractivity contribution is 5.02. The standard InChI is InChI=1S/C12H20N4O/c1-3-9(7-13-5-1)11-15-12(17-16-11)10-4-2-6-14-8-10/h9-10,13-14H,1-8H2. The van der Waals surface area contributed by atoms with E-state index in [1.54, 1.807) is 0 Å². The molecule has 2 atom stereocenters. The third-order valence-electron chi connectivity index (χ3n) is 3.77. The predicted molar refractivity (Wildman–Crippen MR) is 64.0 cm³/mol. The minimum atomic E-state index is 0.418. The number of rotatable bonds is 2. The Morgan fingerprint density at radius 2 is 1.71 bits per heavy atom. The lowest BCUT2D eigenvalue weighted by Crippen LogP contribution is -2.29. The van der Waals surface area contributed by atoms with Crippen molar-refractivity contribution in [1.82, 2.24) is 20.8 Å². The zero-order valence-corrected chi connectivity index (χ0v) is 10.1. The monoisotopic (exact) mass is 236 g/mol. The Labute approximate surface area is 101 Å². The fourth-order valence-corrected chi connectivity index (χ4v) is 2.71. The van der Waals surface area contributed by atoms with Crippen LogP contribution in [0.1, 0.15) is 49.2 Å². The van der Waals surface area contributed by atoms with E-state index in [0.717, 1.165) is 44.3 Å². The number of nitrogens with zero attached hydrogens (tertiary/aromatic N) is 2. The highest BCUT2D eigenvalue weighted by atomic mass is 16.5. The fourth-order valence-electron chi connectivity index (χ4n) is 2.71. The van der Waals surface area contributed by atoms with Gasteiger partial charge in [-0.15, -0.1) is 0 Å². The number of piperidine rings is 2.